The van der Waals surface area contributed by atoms with Crippen LogP contribution in [0.4, 0.5) is 8.78 Å². The lowest BCUT2D eigenvalue weighted by atomic mass is 10.2. The average Bonchev–Trinajstić information content (AvgIpc) is 2.58. The normalized spacial score (nSPS) is 10.1. The van der Waals surface area contributed by atoms with Crippen molar-refractivity contribution in [3.63, 3.8) is 0 Å². The molecule has 0 aromatic heterocycles. The van der Waals surface area contributed by atoms with Gasteiger partial charge in [0.05, 0.1) is 6.54 Å². The van der Waals surface area contributed by atoms with Crippen molar-refractivity contribution in [3.05, 3.63) is 65.7 Å². The number of amides is 2. The molecule has 0 aliphatic rings. The van der Waals surface area contributed by atoms with Crippen LogP contribution in [0.25, 0.3) is 0 Å². The third-order valence-electron chi connectivity index (χ3n) is 3.03. The molecule has 0 aliphatic carbocycles. The van der Waals surface area contributed by atoms with Crippen molar-refractivity contribution in [2.45, 2.75) is 6.54 Å². The summed E-state index contributed by atoms with van der Waals surface area (Å²) in [6, 6.07) is 12.1. The second-order valence-corrected chi connectivity index (χ2v) is 4.90. The Bertz CT molecular complexity index is 708. The lowest BCUT2D eigenvalue weighted by Gasteiger charge is -2.09. The number of carbonyl (C=O) groups is 2. The number of hydrogen-bond donors (Lipinski definition) is 2. The molecule has 0 bridgehead atoms. The Morgan fingerprint density at radius 1 is 0.958 bits per heavy atom. The molecule has 0 radical (unpaired) electrons. The fourth-order valence-corrected chi connectivity index (χ4v) is 1.82. The Hall–Kier alpha value is -2.96. The largest absolute Gasteiger partial charge is 0.481 e. The molecule has 0 fully saturated rings. The SMILES string of the molecule is O=C(CNC(=O)COc1ccc(F)cc1F)NCc1ccccc1. The van der Waals surface area contributed by atoms with Gasteiger partial charge >= 0.3 is 0 Å². The number of rotatable bonds is 7. The number of nitrogens with one attached hydrogen (secondary N) is 2. The third kappa shape index (κ3) is 5.68. The highest BCUT2D eigenvalue weighted by Crippen LogP contribution is 2.17. The second-order valence-electron chi connectivity index (χ2n) is 4.90. The minimum absolute atomic E-state index is 0.221. The van der Waals surface area contributed by atoms with Gasteiger partial charge in [-0.2, -0.15) is 0 Å². The van der Waals surface area contributed by atoms with Crippen LogP contribution in [0.1, 0.15) is 5.56 Å². The summed E-state index contributed by atoms with van der Waals surface area (Å²) in [6.45, 7) is -0.345. The van der Waals surface area contributed by atoms with Crippen LogP contribution < -0.4 is 15.4 Å². The highest BCUT2D eigenvalue weighted by molar-refractivity contribution is 5.85. The summed E-state index contributed by atoms with van der Waals surface area (Å²) in [5, 5.41) is 4.99. The molecule has 2 aromatic carbocycles. The summed E-state index contributed by atoms with van der Waals surface area (Å²) < 4.78 is 31.0. The van der Waals surface area contributed by atoms with Crippen LogP contribution in [0.3, 0.4) is 0 Å². The molecule has 0 spiro atoms. The minimum Gasteiger partial charge on any atom is -0.481 e. The van der Waals surface area contributed by atoms with Gasteiger partial charge in [0.1, 0.15) is 5.82 Å². The standard InChI is InChI=1S/C17H16F2N2O3/c18-13-6-7-15(14(19)8-13)24-11-17(23)21-10-16(22)20-9-12-4-2-1-3-5-12/h1-8H,9-11H2,(H,20,22)(H,21,23). The zero-order valence-electron chi connectivity index (χ0n) is 12.7. The van der Waals surface area contributed by atoms with Crippen molar-refractivity contribution in [1.29, 1.82) is 0 Å². The Kier molecular flexibility index (Phi) is 6.24. The lowest BCUT2D eigenvalue weighted by molar-refractivity contribution is -0.127. The molecule has 7 heteroatoms. The number of benzene rings is 2. The molecule has 0 saturated heterocycles. The van der Waals surface area contributed by atoms with E-state index >= 15 is 0 Å². The molecule has 2 rings (SSSR count). The summed E-state index contributed by atoms with van der Waals surface area (Å²) in [5.74, 6) is -2.82. The molecule has 2 N–H and O–H groups in total. The first-order valence-corrected chi connectivity index (χ1v) is 7.20. The van der Waals surface area contributed by atoms with Gasteiger partial charge in [0, 0.05) is 12.6 Å². The van der Waals surface area contributed by atoms with Gasteiger partial charge in [-0.25, -0.2) is 8.78 Å². The van der Waals surface area contributed by atoms with Crippen LogP contribution in [-0.4, -0.2) is 25.0 Å². The van der Waals surface area contributed by atoms with E-state index in [1.807, 2.05) is 30.3 Å². The van der Waals surface area contributed by atoms with Gasteiger partial charge in [-0.1, -0.05) is 30.3 Å². The van der Waals surface area contributed by atoms with Crippen molar-refractivity contribution in [3.8, 4) is 5.75 Å². The molecule has 0 saturated carbocycles. The van der Waals surface area contributed by atoms with Crippen LogP contribution in [0.5, 0.6) is 5.75 Å². The molecule has 5 nitrogen and oxygen atoms in total. The summed E-state index contributed by atoms with van der Waals surface area (Å²) in [5.41, 5.74) is 0.937. The molecule has 0 aliphatic heterocycles. The zero-order valence-corrected chi connectivity index (χ0v) is 12.7. The highest BCUT2D eigenvalue weighted by atomic mass is 19.1. The molecule has 0 heterocycles. The minimum atomic E-state index is -0.900. The van der Waals surface area contributed by atoms with Gasteiger partial charge in [-0.05, 0) is 17.7 Å². The fraction of sp³-hybridized carbons (Fsp3) is 0.176. The molecule has 126 valence electrons. The zero-order chi connectivity index (χ0) is 17.4. The third-order valence-corrected chi connectivity index (χ3v) is 3.03. The first kappa shape index (κ1) is 17.4. The monoisotopic (exact) mass is 334 g/mol. The van der Waals surface area contributed by atoms with Crippen LogP contribution in [0, 0.1) is 11.6 Å². The van der Waals surface area contributed by atoms with Gasteiger partial charge in [0.15, 0.2) is 18.2 Å². The summed E-state index contributed by atoms with van der Waals surface area (Å²) in [6.07, 6.45) is 0. The molecular weight excluding hydrogens is 318 g/mol. The first-order valence-electron chi connectivity index (χ1n) is 7.20. The molecule has 2 aromatic rings. The van der Waals surface area contributed by atoms with Crippen LogP contribution in [0.15, 0.2) is 48.5 Å². The van der Waals surface area contributed by atoms with E-state index in [1.54, 1.807) is 0 Å². The van der Waals surface area contributed by atoms with E-state index in [0.29, 0.717) is 12.6 Å². The number of halogens is 2. The van der Waals surface area contributed by atoms with Gasteiger partial charge in [-0.3, -0.25) is 9.59 Å². The van der Waals surface area contributed by atoms with Gasteiger partial charge in [-0.15, -0.1) is 0 Å². The maximum Gasteiger partial charge on any atom is 0.258 e. The molecule has 24 heavy (non-hydrogen) atoms. The topological polar surface area (TPSA) is 67.4 Å². The smallest absolute Gasteiger partial charge is 0.258 e. The van der Waals surface area contributed by atoms with E-state index in [-0.39, 0.29) is 18.2 Å². The molecular formula is C17H16F2N2O3. The van der Waals surface area contributed by atoms with Crippen molar-refractivity contribution < 1.29 is 23.1 Å². The van der Waals surface area contributed by atoms with Crippen molar-refractivity contribution in [1.82, 2.24) is 10.6 Å². The Morgan fingerprint density at radius 3 is 2.42 bits per heavy atom. The van der Waals surface area contributed by atoms with E-state index in [9.17, 15) is 18.4 Å². The van der Waals surface area contributed by atoms with E-state index in [4.69, 9.17) is 4.74 Å². The quantitative estimate of drug-likeness (QED) is 0.811. The van der Waals surface area contributed by atoms with Gasteiger partial charge < -0.3 is 15.4 Å². The first-order chi connectivity index (χ1) is 11.5. The van der Waals surface area contributed by atoms with Gasteiger partial charge in [0.2, 0.25) is 5.91 Å². The fourth-order valence-electron chi connectivity index (χ4n) is 1.82. The maximum atomic E-state index is 13.3. The number of ether oxygens (including phenoxy) is 1. The van der Waals surface area contributed by atoms with Crippen molar-refractivity contribution >= 4 is 11.8 Å². The Labute approximate surface area is 137 Å². The predicted octanol–water partition coefficient (Wildman–Crippen LogP) is 1.78. The second kappa shape index (κ2) is 8.61. The lowest BCUT2D eigenvalue weighted by Crippen LogP contribution is -2.38. The van der Waals surface area contributed by atoms with Crippen LogP contribution in [0.2, 0.25) is 0 Å². The van der Waals surface area contributed by atoms with Gasteiger partial charge in [0.25, 0.3) is 5.91 Å². The van der Waals surface area contributed by atoms with Crippen LogP contribution >= 0.6 is 0 Å². The van der Waals surface area contributed by atoms with Crippen LogP contribution in [-0.2, 0) is 16.1 Å². The van der Waals surface area contributed by atoms with Crippen molar-refractivity contribution in [2.24, 2.45) is 0 Å². The summed E-state index contributed by atoms with van der Waals surface area (Å²) >= 11 is 0. The molecule has 0 unspecified atom stereocenters. The molecule has 2 amide bonds. The summed E-state index contributed by atoms with van der Waals surface area (Å²) in [4.78, 5) is 23.2. The molecule has 0 atom stereocenters. The van der Waals surface area contributed by atoms with E-state index in [0.717, 1.165) is 17.7 Å². The number of carbonyl (C=O) groups excluding carboxylic acids is 2. The van der Waals surface area contributed by atoms with E-state index in [2.05, 4.69) is 10.6 Å². The summed E-state index contributed by atoms with van der Waals surface area (Å²) in [7, 11) is 0. The van der Waals surface area contributed by atoms with E-state index in [1.165, 1.54) is 0 Å². The van der Waals surface area contributed by atoms with E-state index < -0.39 is 24.1 Å². The van der Waals surface area contributed by atoms with Crippen molar-refractivity contribution in [2.75, 3.05) is 13.2 Å². The predicted molar refractivity (Wildman–Crippen MR) is 83.2 cm³/mol. The maximum absolute atomic E-state index is 13.3. The Morgan fingerprint density at radius 2 is 1.71 bits per heavy atom. The Balaban J connectivity index is 1.68. The average molecular weight is 334 g/mol. The number of hydrogen-bond acceptors (Lipinski definition) is 3. The highest BCUT2D eigenvalue weighted by Gasteiger charge is 2.09.